The van der Waals surface area contributed by atoms with E-state index in [1.807, 2.05) is 11.1 Å². The lowest BCUT2D eigenvalue weighted by molar-refractivity contribution is -0.0287. The standard InChI is InChI=1S/C32H57NO2/c1-22(2)23(3)7-8-24(4)28-11-12-29-27-10-9-25-21-26(33(17-19-34)18-20-35)13-15-31(25,5)30(27)14-16-32(28,29)6/h22-26,28,30,34-35H,7-21H2,1-6H3/t23-,24+,25-,26+,28+,30-,31-,32+/m0/s1. The molecule has 202 valence electrons. The molecule has 0 unspecified atom stereocenters. The van der Waals surface area contributed by atoms with E-state index in [0.717, 1.165) is 35.5 Å². The van der Waals surface area contributed by atoms with Gasteiger partial charge >= 0.3 is 0 Å². The maximum absolute atomic E-state index is 9.56. The smallest absolute Gasteiger partial charge is 0.0558 e. The van der Waals surface area contributed by atoms with Crippen molar-refractivity contribution < 1.29 is 10.2 Å². The summed E-state index contributed by atoms with van der Waals surface area (Å²) in [6.45, 7) is 16.9. The van der Waals surface area contributed by atoms with Crippen LogP contribution in [0.2, 0.25) is 0 Å². The zero-order chi connectivity index (χ0) is 25.4. The molecular formula is C32H57NO2. The van der Waals surface area contributed by atoms with E-state index in [2.05, 4.69) is 46.4 Å². The molecule has 0 aromatic heterocycles. The molecule has 3 heteroatoms. The van der Waals surface area contributed by atoms with Crippen LogP contribution >= 0.6 is 0 Å². The predicted octanol–water partition coefficient (Wildman–Crippen LogP) is 7.07. The summed E-state index contributed by atoms with van der Waals surface area (Å²) in [7, 11) is 0. The highest BCUT2D eigenvalue weighted by molar-refractivity contribution is 5.34. The first-order valence-corrected chi connectivity index (χ1v) is 15.3. The van der Waals surface area contributed by atoms with Crippen molar-refractivity contribution in [2.45, 2.75) is 118 Å². The molecule has 0 spiro atoms. The Hall–Kier alpha value is -0.380. The molecule has 4 aliphatic rings. The second-order valence-electron chi connectivity index (χ2n) is 14.1. The third-order valence-electron chi connectivity index (χ3n) is 12.2. The van der Waals surface area contributed by atoms with Crippen LogP contribution in [0.3, 0.4) is 0 Å². The van der Waals surface area contributed by atoms with E-state index in [9.17, 15) is 10.2 Å². The van der Waals surface area contributed by atoms with E-state index in [1.165, 1.54) is 70.6 Å². The van der Waals surface area contributed by atoms with Gasteiger partial charge in [0.1, 0.15) is 0 Å². The Morgan fingerprint density at radius 2 is 1.60 bits per heavy atom. The minimum Gasteiger partial charge on any atom is -0.395 e. The Morgan fingerprint density at radius 3 is 2.26 bits per heavy atom. The topological polar surface area (TPSA) is 43.7 Å². The highest BCUT2D eigenvalue weighted by Gasteiger charge is 2.55. The number of hydrogen-bond donors (Lipinski definition) is 2. The highest BCUT2D eigenvalue weighted by atomic mass is 16.3. The molecule has 0 aromatic rings. The summed E-state index contributed by atoms with van der Waals surface area (Å²) in [5.41, 5.74) is 4.76. The van der Waals surface area contributed by atoms with Crippen molar-refractivity contribution in [2.75, 3.05) is 26.3 Å². The van der Waals surface area contributed by atoms with Gasteiger partial charge < -0.3 is 10.2 Å². The summed E-state index contributed by atoms with van der Waals surface area (Å²) in [5.74, 6) is 4.99. The molecule has 3 saturated carbocycles. The van der Waals surface area contributed by atoms with Crippen LogP contribution in [0.4, 0.5) is 0 Å². The van der Waals surface area contributed by atoms with Crippen molar-refractivity contribution in [2.24, 2.45) is 46.3 Å². The third kappa shape index (κ3) is 5.17. The van der Waals surface area contributed by atoms with E-state index >= 15 is 0 Å². The molecule has 0 amide bonds. The Labute approximate surface area is 217 Å². The van der Waals surface area contributed by atoms with Crippen LogP contribution in [0.1, 0.15) is 112 Å². The molecule has 0 bridgehead atoms. The van der Waals surface area contributed by atoms with Gasteiger partial charge in [-0.1, -0.05) is 65.5 Å². The van der Waals surface area contributed by atoms with Crippen molar-refractivity contribution in [1.82, 2.24) is 4.90 Å². The number of hydrogen-bond acceptors (Lipinski definition) is 3. The van der Waals surface area contributed by atoms with E-state index in [4.69, 9.17) is 0 Å². The van der Waals surface area contributed by atoms with E-state index in [-0.39, 0.29) is 13.2 Å². The summed E-state index contributed by atoms with van der Waals surface area (Å²) in [6.07, 6.45) is 15.0. The van der Waals surface area contributed by atoms with Gasteiger partial charge in [-0.05, 0) is 104 Å². The van der Waals surface area contributed by atoms with Crippen molar-refractivity contribution >= 4 is 0 Å². The molecule has 3 fully saturated rings. The maximum Gasteiger partial charge on any atom is 0.0558 e. The van der Waals surface area contributed by atoms with E-state index in [0.29, 0.717) is 30.0 Å². The molecule has 0 aliphatic heterocycles. The summed E-state index contributed by atoms with van der Waals surface area (Å²) < 4.78 is 0. The fraction of sp³-hybridized carbons (Fsp3) is 0.938. The molecule has 0 heterocycles. The van der Waals surface area contributed by atoms with Gasteiger partial charge in [0.15, 0.2) is 0 Å². The second kappa shape index (κ2) is 11.2. The van der Waals surface area contributed by atoms with Gasteiger partial charge in [0.25, 0.3) is 0 Å². The molecule has 4 aliphatic carbocycles. The molecule has 4 rings (SSSR count). The molecule has 8 atom stereocenters. The van der Waals surface area contributed by atoms with Crippen molar-refractivity contribution in [3.63, 3.8) is 0 Å². The average molecular weight is 488 g/mol. The first-order valence-electron chi connectivity index (χ1n) is 15.3. The van der Waals surface area contributed by atoms with Gasteiger partial charge in [-0.3, -0.25) is 4.90 Å². The number of rotatable bonds is 10. The summed E-state index contributed by atoms with van der Waals surface area (Å²) in [6, 6.07) is 0.542. The second-order valence-corrected chi connectivity index (χ2v) is 14.1. The van der Waals surface area contributed by atoms with Gasteiger partial charge in [-0.2, -0.15) is 0 Å². The van der Waals surface area contributed by atoms with Crippen LogP contribution in [-0.2, 0) is 0 Å². The summed E-state index contributed by atoms with van der Waals surface area (Å²) >= 11 is 0. The molecule has 3 nitrogen and oxygen atoms in total. The molecule has 0 aromatic carbocycles. The van der Waals surface area contributed by atoms with Gasteiger partial charge in [0, 0.05) is 19.1 Å². The molecule has 2 N–H and O–H groups in total. The van der Waals surface area contributed by atoms with Crippen LogP contribution in [0, 0.1) is 46.3 Å². The van der Waals surface area contributed by atoms with Crippen LogP contribution in [0.5, 0.6) is 0 Å². The van der Waals surface area contributed by atoms with E-state index in [1.54, 1.807) is 0 Å². The SMILES string of the molecule is CC(C)[C@@H](C)CC[C@@H](C)[C@H]1CCC2=C3CC[C@H]4C[C@H](N(CCO)CCO)CC[C@]4(C)[C@H]3CC[C@@]21C. The fourth-order valence-electron chi connectivity index (χ4n) is 9.54. The Morgan fingerprint density at radius 1 is 0.886 bits per heavy atom. The number of fused-ring (bicyclic) bond motifs is 4. The quantitative estimate of drug-likeness (QED) is 0.324. The fourth-order valence-corrected chi connectivity index (χ4v) is 9.54. The van der Waals surface area contributed by atoms with Crippen molar-refractivity contribution in [1.29, 1.82) is 0 Å². The Kier molecular flexibility index (Phi) is 8.82. The average Bonchev–Trinajstić information content (AvgIpc) is 3.19. The third-order valence-corrected chi connectivity index (χ3v) is 12.2. The largest absolute Gasteiger partial charge is 0.395 e. The number of aliphatic hydroxyl groups excluding tert-OH is 2. The first kappa shape index (κ1) is 27.6. The van der Waals surface area contributed by atoms with Gasteiger partial charge in [0.05, 0.1) is 13.2 Å². The number of nitrogens with zero attached hydrogens (tertiary/aromatic N) is 1. The van der Waals surface area contributed by atoms with Crippen molar-refractivity contribution in [3.05, 3.63) is 11.1 Å². The van der Waals surface area contributed by atoms with E-state index < -0.39 is 0 Å². The monoisotopic (exact) mass is 487 g/mol. The van der Waals surface area contributed by atoms with Crippen LogP contribution in [-0.4, -0.2) is 47.5 Å². The number of aliphatic hydroxyl groups is 2. The molecule has 0 radical (unpaired) electrons. The molecule has 35 heavy (non-hydrogen) atoms. The zero-order valence-corrected chi connectivity index (χ0v) is 24.0. The lowest BCUT2D eigenvalue weighted by Gasteiger charge is -2.58. The number of allylic oxidation sites excluding steroid dienone is 2. The maximum atomic E-state index is 9.56. The molecular weight excluding hydrogens is 430 g/mol. The highest BCUT2D eigenvalue weighted by Crippen LogP contribution is 2.66. The molecule has 0 saturated heterocycles. The predicted molar refractivity (Wildman–Crippen MR) is 147 cm³/mol. The first-order chi connectivity index (χ1) is 16.7. The lowest BCUT2D eigenvalue weighted by Crippen LogP contribution is -2.52. The Bertz CT molecular complexity index is 740. The Balaban J connectivity index is 1.48. The van der Waals surface area contributed by atoms with Gasteiger partial charge in [-0.15, -0.1) is 0 Å². The zero-order valence-electron chi connectivity index (χ0n) is 24.0. The van der Waals surface area contributed by atoms with Crippen molar-refractivity contribution in [3.8, 4) is 0 Å². The minimum atomic E-state index is 0.200. The minimum absolute atomic E-state index is 0.200. The van der Waals surface area contributed by atoms with Gasteiger partial charge in [-0.25, -0.2) is 0 Å². The summed E-state index contributed by atoms with van der Waals surface area (Å²) in [4.78, 5) is 2.37. The van der Waals surface area contributed by atoms with Crippen LogP contribution in [0.15, 0.2) is 11.1 Å². The summed E-state index contributed by atoms with van der Waals surface area (Å²) in [5, 5.41) is 19.1. The van der Waals surface area contributed by atoms with Crippen LogP contribution in [0.25, 0.3) is 0 Å². The van der Waals surface area contributed by atoms with Gasteiger partial charge in [0.2, 0.25) is 0 Å². The van der Waals surface area contributed by atoms with Crippen LogP contribution < -0.4 is 0 Å². The lowest BCUT2D eigenvalue weighted by atomic mass is 9.48. The normalized spacial score (nSPS) is 38.9.